The van der Waals surface area contributed by atoms with Gasteiger partial charge in [0.15, 0.2) is 0 Å². The number of hydrogen-bond acceptors (Lipinski definition) is 4. The molecule has 0 heterocycles. The Bertz CT molecular complexity index is 216. The Balaban J connectivity index is 0. The van der Waals surface area contributed by atoms with Crippen LogP contribution >= 0.6 is 0 Å². The molecular weight excluding hydrogens is 285 g/mol. The Morgan fingerprint density at radius 2 is 1.88 bits per heavy atom. The maximum atomic E-state index is 11.0. The van der Waals surface area contributed by atoms with Crippen LogP contribution in [0.25, 0.3) is 0 Å². The molecule has 0 aliphatic heterocycles. The van der Waals surface area contributed by atoms with Crippen LogP contribution in [0.1, 0.15) is 26.2 Å². The first kappa shape index (κ1) is 18.2. The molecule has 6 heteroatoms. The van der Waals surface area contributed by atoms with Crippen LogP contribution in [0.15, 0.2) is 0 Å². The monoisotopic (exact) mass is 301 g/mol. The average molecular weight is 301 g/mol. The van der Waals surface area contributed by atoms with E-state index in [4.69, 9.17) is 0 Å². The van der Waals surface area contributed by atoms with Crippen LogP contribution in [0.2, 0.25) is 0 Å². The molecule has 0 aromatic heterocycles. The van der Waals surface area contributed by atoms with Crippen molar-refractivity contribution in [2.45, 2.75) is 32.2 Å². The van der Waals surface area contributed by atoms with Crippen molar-refractivity contribution in [1.82, 2.24) is 10.2 Å². The number of carbonyl (C=O) groups is 1. The van der Waals surface area contributed by atoms with Gasteiger partial charge in [-0.3, -0.25) is 4.79 Å². The van der Waals surface area contributed by atoms with E-state index in [1.165, 1.54) is 19.7 Å². The van der Waals surface area contributed by atoms with Gasteiger partial charge in [0.25, 0.3) is 0 Å². The molecule has 5 nitrogen and oxygen atoms in total. The van der Waals surface area contributed by atoms with Gasteiger partial charge in [0.2, 0.25) is 0 Å². The number of hydrogen-bond donors (Lipinski definition) is 1. The fraction of sp³-hybridized carbons (Fsp3) is 0.700. The summed E-state index contributed by atoms with van der Waals surface area (Å²) in [4.78, 5) is 32.0. The minimum Gasteiger partial charge on any atom is -0.636 e. The zero-order valence-electron chi connectivity index (χ0n) is 9.66. The van der Waals surface area contributed by atoms with Gasteiger partial charge in [-0.15, -0.1) is 0 Å². The average Bonchev–Trinajstić information content (AvgIpc) is 2.23. The van der Waals surface area contributed by atoms with Crippen molar-refractivity contribution in [2.24, 2.45) is 0 Å². The summed E-state index contributed by atoms with van der Waals surface area (Å²) in [5.41, 5.74) is 0. The van der Waals surface area contributed by atoms with Crippen molar-refractivity contribution < 1.29 is 47.1 Å². The van der Waals surface area contributed by atoms with Gasteiger partial charge in [-0.25, -0.2) is 0 Å². The van der Waals surface area contributed by atoms with E-state index in [1.807, 2.05) is 0 Å². The second-order valence-corrected chi connectivity index (χ2v) is 3.28. The summed E-state index contributed by atoms with van der Waals surface area (Å²) in [7, 11) is 1.73. The van der Waals surface area contributed by atoms with Crippen molar-refractivity contribution in [3.05, 3.63) is 0 Å². The largest absolute Gasteiger partial charge is 0.636 e. The molecule has 16 heavy (non-hydrogen) atoms. The molecule has 0 aliphatic rings. The molecule has 0 aromatic carbocycles. The molecule has 0 spiro atoms. The van der Waals surface area contributed by atoms with E-state index in [-0.39, 0.29) is 44.5 Å². The fourth-order valence-electron chi connectivity index (χ4n) is 1.28. The van der Waals surface area contributed by atoms with Gasteiger partial charge in [-0.1, -0.05) is 0 Å². The van der Waals surface area contributed by atoms with Crippen LogP contribution in [-0.2, 0) is 47.1 Å². The van der Waals surface area contributed by atoms with Crippen molar-refractivity contribution in [3.63, 3.8) is 0 Å². The first-order chi connectivity index (χ1) is 7.15. The minimum atomic E-state index is -0.140. The molecule has 2 amide bonds. The smallest absolute Gasteiger partial charge is 0.146 e. The van der Waals surface area contributed by atoms with Gasteiger partial charge >= 0.3 is 0 Å². The Kier molecular flexibility index (Phi) is 13.0. The second kappa shape index (κ2) is 11.4. The van der Waals surface area contributed by atoms with Crippen LogP contribution in [0.4, 0.5) is 0 Å². The molecule has 0 aliphatic carbocycles. The van der Waals surface area contributed by atoms with Crippen molar-refractivity contribution >= 4 is 18.6 Å². The number of amides is 2. The van der Waals surface area contributed by atoms with E-state index in [1.54, 1.807) is 7.05 Å². The summed E-state index contributed by atoms with van der Waals surface area (Å²) in [6, 6.07) is -0.140. The maximum absolute atomic E-state index is 11.0. The number of Topliss-reactive ketones (excluding diaryl/α,β-unsaturated/α-hetero) is 1. The molecule has 0 saturated heterocycles. The normalized spacial score (nSPS) is 11.1. The molecule has 0 aromatic rings. The van der Waals surface area contributed by atoms with E-state index < -0.39 is 0 Å². The third-order valence-corrected chi connectivity index (χ3v) is 2.18. The van der Waals surface area contributed by atoms with E-state index in [2.05, 4.69) is 5.32 Å². The molecule has 1 atom stereocenters. The third kappa shape index (κ3) is 8.08. The molecule has 0 saturated carbocycles. The summed E-state index contributed by atoms with van der Waals surface area (Å²) in [6.07, 6.45) is 5.04. The summed E-state index contributed by atoms with van der Waals surface area (Å²) in [6.45, 7) is 1.84. The van der Waals surface area contributed by atoms with Gasteiger partial charge < -0.3 is 19.8 Å². The third-order valence-electron chi connectivity index (χ3n) is 2.18. The molecule has 0 bridgehead atoms. The Morgan fingerprint density at radius 3 is 2.25 bits per heavy atom. The Labute approximate surface area is 121 Å². The van der Waals surface area contributed by atoms with Crippen molar-refractivity contribution in [1.29, 1.82) is 0 Å². The number of nitrogens with one attached hydrogen (secondary N) is 1. The second-order valence-electron chi connectivity index (χ2n) is 3.28. The quantitative estimate of drug-likeness (QED) is 0.363. The van der Waals surface area contributed by atoms with E-state index in [9.17, 15) is 14.4 Å². The number of imide groups is 1. The molecule has 1 unspecified atom stereocenters. The fourth-order valence-corrected chi connectivity index (χ4v) is 1.28. The van der Waals surface area contributed by atoms with Crippen molar-refractivity contribution in [3.8, 4) is 0 Å². The van der Waals surface area contributed by atoms with Gasteiger partial charge in [0, 0.05) is 32.7 Å². The molecule has 1 N–H and O–H groups in total. The topological polar surface area (TPSA) is 66.5 Å². The van der Waals surface area contributed by atoms with Crippen LogP contribution in [-0.4, -0.2) is 43.1 Å². The van der Waals surface area contributed by atoms with Crippen molar-refractivity contribution in [2.75, 3.05) is 13.6 Å². The molecular formula is C10H16N2O3Y-2. The van der Waals surface area contributed by atoms with E-state index >= 15 is 0 Å². The van der Waals surface area contributed by atoms with E-state index in [0.29, 0.717) is 19.4 Å². The summed E-state index contributed by atoms with van der Waals surface area (Å²) in [5.74, 6) is 0.0956. The number of carbonyl (C=O) groups excluding carboxylic acids is 3. The SMILES string of the molecule is CNC(CCCCN([C-]=O)[C-]=O)C(C)=O.[Y]. The summed E-state index contributed by atoms with van der Waals surface area (Å²) in [5, 5.41) is 2.90. The van der Waals surface area contributed by atoms with Crippen LogP contribution in [0.5, 0.6) is 0 Å². The van der Waals surface area contributed by atoms with Crippen LogP contribution in [0.3, 0.4) is 0 Å². The first-order valence-corrected chi connectivity index (χ1v) is 4.86. The standard InChI is InChI=1S/C10H16N2O3.Y/c1-9(15)10(11-2)5-3-4-6-12(7-13)8-14;/h10-11H,3-6H2,1-2H3;/q-2;. The van der Waals surface area contributed by atoms with Gasteiger partial charge in [-0.05, 0) is 39.8 Å². The molecule has 1 radical (unpaired) electrons. The predicted molar refractivity (Wildman–Crippen MR) is 55.5 cm³/mol. The zero-order valence-corrected chi connectivity index (χ0v) is 12.5. The first-order valence-electron chi connectivity index (χ1n) is 4.86. The minimum absolute atomic E-state index is 0. The number of rotatable bonds is 9. The Morgan fingerprint density at radius 1 is 1.31 bits per heavy atom. The summed E-state index contributed by atoms with van der Waals surface area (Å²) < 4.78 is 0. The van der Waals surface area contributed by atoms with Crippen LogP contribution < -0.4 is 5.32 Å². The zero-order chi connectivity index (χ0) is 11.7. The maximum Gasteiger partial charge on any atom is 0.146 e. The number of unbranched alkanes of at least 4 members (excludes halogenated alkanes) is 1. The Hall–Kier alpha value is -0.126. The van der Waals surface area contributed by atoms with Gasteiger partial charge in [-0.2, -0.15) is 12.8 Å². The predicted octanol–water partition coefficient (Wildman–Crippen LogP) is -0.232. The van der Waals surface area contributed by atoms with Crippen LogP contribution in [0, 0.1) is 0 Å². The number of ketones is 1. The van der Waals surface area contributed by atoms with E-state index in [0.717, 1.165) is 11.3 Å². The van der Waals surface area contributed by atoms with Gasteiger partial charge in [0.05, 0.1) is 6.04 Å². The molecule has 89 valence electrons. The molecule has 0 fully saturated rings. The number of likely N-dealkylation sites (N-methyl/N-ethyl adjacent to an activating group) is 1. The number of nitrogens with zero attached hydrogens (tertiary/aromatic N) is 1. The van der Waals surface area contributed by atoms with Gasteiger partial charge in [0.1, 0.15) is 5.78 Å². The summed E-state index contributed by atoms with van der Waals surface area (Å²) >= 11 is 0. The molecule has 0 rings (SSSR count).